The Morgan fingerprint density at radius 1 is 0.882 bits per heavy atom. The molecule has 0 spiro atoms. The molecule has 0 aromatic heterocycles. The summed E-state index contributed by atoms with van der Waals surface area (Å²) in [6, 6.07) is 20.6. The van der Waals surface area contributed by atoms with Gasteiger partial charge in [-0.2, -0.15) is 5.10 Å². The maximum atomic E-state index is 12.0. The molecule has 0 bridgehead atoms. The van der Waals surface area contributed by atoms with Gasteiger partial charge in [-0.15, -0.1) is 0 Å². The zero-order chi connectivity index (χ0) is 24.3. The minimum Gasteiger partial charge on any atom is -0.497 e. The van der Waals surface area contributed by atoms with Crippen LogP contribution < -0.4 is 25.5 Å². The van der Waals surface area contributed by atoms with E-state index in [0.29, 0.717) is 32.9 Å². The number of carbonyl (C=O) groups excluding carboxylic acids is 3. The summed E-state index contributed by atoms with van der Waals surface area (Å²) >= 11 is 3.29. The van der Waals surface area contributed by atoms with Crippen molar-refractivity contribution in [2.75, 3.05) is 24.4 Å². The summed E-state index contributed by atoms with van der Waals surface area (Å²) in [7, 11) is 1.57. The molecule has 34 heavy (non-hydrogen) atoms. The second kappa shape index (κ2) is 12.2. The average molecular weight is 525 g/mol. The number of benzene rings is 3. The van der Waals surface area contributed by atoms with Crippen LogP contribution in [0.1, 0.15) is 5.56 Å². The normalized spacial score (nSPS) is 10.4. The van der Waals surface area contributed by atoms with E-state index in [1.807, 2.05) is 0 Å². The molecule has 0 heterocycles. The number of rotatable bonds is 8. The number of anilines is 2. The molecule has 3 N–H and O–H groups in total. The van der Waals surface area contributed by atoms with Crippen LogP contribution >= 0.6 is 15.9 Å². The van der Waals surface area contributed by atoms with Gasteiger partial charge in [-0.3, -0.25) is 14.4 Å². The molecular weight excluding hydrogens is 504 g/mol. The molecule has 0 unspecified atom stereocenters. The van der Waals surface area contributed by atoms with Crippen molar-refractivity contribution < 1.29 is 23.9 Å². The van der Waals surface area contributed by atoms with Crippen LogP contribution in [0.5, 0.6) is 11.5 Å². The Hall–Kier alpha value is -4.18. The Morgan fingerprint density at radius 2 is 1.56 bits per heavy atom. The predicted octanol–water partition coefficient (Wildman–Crippen LogP) is 3.56. The van der Waals surface area contributed by atoms with Crippen LogP contribution in [0.25, 0.3) is 0 Å². The second-order valence-electron chi connectivity index (χ2n) is 6.77. The molecule has 0 aliphatic heterocycles. The van der Waals surface area contributed by atoms with Crippen LogP contribution in [0, 0.1) is 0 Å². The number of carbonyl (C=O) groups is 3. The number of hydrogen-bond acceptors (Lipinski definition) is 6. The van der Waals surface area contributed by atoms with Gasteiger partial charge in [-0.05, 0) is 82.2 Å². The molecule has 3 aromatic rings. The lowest BCUT2D eigenvalue weighted by molar-refractivity contribution is -0.136. The van der Waals surface area contributed by atoms with Crippen molar-refractivity contribution in [1.29, 1.82) is 0 Å². The first-order valence-corrected chi connectivity index (χ1v) is 10.8. The number of methoxy groups -OCH3 is 1. The molecule has 3 amide bonds. The molecule has 0 fully saturated rings. The summed E-state index contributed by atoms with van der Waals surface area (Å²) < 4.78 is 11.2. The van der Waals surface area contributed by atoms with Gasteiger partial charge in [0.05, 0.1) is 19.0 Å². The molecule has 0 saturated heterocycles. The van der Waals surface area contributed by atoms with Crippen molar-refractivity contribution in [3.05, 3.63) is 82.8 Å². The molecule has 0 saturated carbocycles. The third kappa shape index (κ3) is 7.45. The highest BCUT2D eigenvalue weighted by Crippen LogP contribution is 2.21. The fourth-order valence-corrected chi connectivity index (χ4v) is 3.01. The van der Waals surface area contributed by atoms with E-state index in [1.54, 1.807) is 79.9 Å². The standard InChI is InChI=1S/C24H21BrN4O5/c1-33-18-12-8-17(9-13-18)27-22(30)15-34-19-10-6-16(7-11-19)14-26-29-24(32)23(31)28-21-5-3-2-4-20(21)25/h2-14H,15H2,1H3,(H,27,30)(H,28,31)(H,29,32)/b26-14-. The molecule has 174 valence electrons. The molecule has 3 rings (SSSR count). The van der Waals surface area contributed by atoms with Gasteiger partial charge in [0.2, 0.25) is 0 Å². The summed E-state index contributed by atoms with van der Waals surface area (Å²) in [5, 5.41) is 8.99. The average Bonchev–Trinajstić information content (AvgIpc) is 2.85. The van der Waals surface area contributed by atoms with Crippen molar-refractivity contribution in [2.24, 2.45) is 5.10 Å². The topological polar surface area (TPSA) is 118 Å². The van der Waals surface area contributed by atoms with Crippen LogP contribution in [0.3, 0.4) is 0 Å². The lowest BCUT2D eigenvalue weighted by atomic mass is 10.2. The van der Waals surface area contributed by atoms with E-state index in [-0.39, 0.29) is 12.5 Å². The number of nitrogens with one attached hydrogen (secondary N) is 3. The van der Waals surface area contributed by atoms with E-state index in [9.17, 15) is 14.4 Å². The Bertz CT molecular complexity index is 1180. The predicted molar refractivity (Wildman–Crippen MR) is 132 cm³/mol. The lowest BCUT2D eigenvalue weighted by Crippen LogP contribution is -2.32. The van der Waals surface area contributed by atoms with Gasteiger partial charge in [-0.25, -0.2) is 5.43 Å². The van der Waals surface area contributed by atoms with Crippen LogP contribution in [0.15, 0.2) is 82.4 Å². The maximum absolute atomic E-state index is 12.0. The summed E-state index contributed by atoms with van der Waals surface area (Å²) in [5.41, 5.74) is 3.93. The zero-order valence-corrected chi connectivity index (χ0v) is 19.7. The van der Waals surface area contributed by atoms with Gasteiger partial charge in [0.15, 0.2) is 6.61 Å². The van der Waals surface area contributed by atoms with E-state index in [4.69, 9.17) is 9.47 Å². The fourth-order valence-electron chi connectivity index (χ4n) is 2.63. The molecule has 0 aliphatic carbocycles. The number of halogens is 1. The minimum atomic E-state index is -0.908. The largest absolute Gasteiger partial charge is 0.497 e. The summed E-state index contributed by atoms with van der Waals surface area (Å²) in [6.07, 6.45) is 1.38. The summed E-state index contributed by atoms with van der Waals surface area (Å²) in [6.45, 7) is -0.165. The van der Waals surface area contributed by atoms with Crippen LogP contribution in [-0.2, 0) is 14.4 Å². The quantitative estimate of drug-likeness (QED) is 0.236. The molecule has 9 nitrogen and oxygen atoms in total. The van der Waals surface area contributed by atoms with Gasteiger partial charge in [0.25, 0.3) is 5.91 Å². The van der Waals surface area contributed by atoms with Gasteiger partial charge in [0.1, 0.15) is 11.5 Å². The SMILES string of the molecule is COc1ccc(NC(=O)COc2ccc(/C=N\NC(=O)C(=O)Nc3ccccc3Br)cc2)cc1. The Labute approximate surface area is 204 Å². The number of para-hydroxylation sites is 1. The smallest absolute Gasteiger partial charge is 0.329 e. The van der Waals surface area contributed by atoms with E-state index in [0.717, 1.165) is 0 Å². The molecular formula is C24H21BrN4O5. The number of nitrogens with zero attached hydrogens (tertiary/aromatic N) is 1. The fraction of sp³-hybridized carbons (Fsp3) is 0.0833. The number of hydrogen-bond donors (Lipinski definition) is 3. The van der Waals surface area contributed by atoms with Crippen molar-refractivity contribution in [1.82, 2.24) is 5.43 Å². The molecule has 0 atom stereocenters. The van der Waals surface area contributed by atoms with Crippen LogP contribution in [-0.4, -0.2) is 37.7 Å². The van der Waals surface area contributed by atoms with Crippen LogP contribution in [0.4, 0.5) is 11.4 Å². The van der Waals surface area contributed by atoms with Crippen LogP contribution in [0.2, 0.25) is 0 Å². The zero-order valence-electron chi connectivity index (χ0n) is 18.1. The first-order valence-electron chi connectivity index (χ1n) is 10.0. The van der Waals surface area contributed by atoms with Gasteiger partial charge >= 0.3 is 11.8 Å². The van der Waals surface area contributed by atoms with Crippen molar-refractivity contribution in [2.45, 2.75) is 0 Å². The molecule has 10 heteroatoms. The van der Waals surface area contributed by atoms with Crippen molar-refractivity contribution in [3.8, 4) is 11.5 Å². The highest BCUT2D eigenvalue weighted by atomic mass is 79.9. The Kier molecular flexibility index (Phi) is 8.75. The third-order valence-electron chi connectivity index (χ3n) is 4.33. The summed E-state index contributed by atoms with van der Waals surface area (Å²) in [4.78, 5) is 35.9. The van der Waals surface area contributed by atoms with Gasteiger partial charge < -0.3 is 20.1 Å². The number of hydrazone groups is 1. The second-order valence-corrected chi connectivity index (χ2v) is 7.62. The monoisotopic (exact) mass is 524 g/mol. The highest BCUT2D eigenvalue weighted by Gasteiger charge is 2.14. The number of amides is 3. The van der Waals surface area contributed by atoms with Gasteiger partial charge in [0, 0.05) is 10.2 Å². The van der Waals surface area contributed by atoms with Crippen molar-refractivity contribution >= 4 is 51.2 Å². The lowest BCUT2D eigenvalue weighted by Gasteiger charge is -2.08. The Balaban J connectivity index is 1.42. The van der Waals surface area contributed by atoms with Gasteiger partial charge in [-0.1, -0.05) is 12.1 Å². The van der Waals surface area contributed by atoms with E-state index in [1.165, 1.54) is 6.21 Å². The maximum Gasteiger partial charge on any atom is 0.329 e. The first-order chi connectivity index (χ1) is 16.4. The van der Waals surface area contributed by atoms with E-state index >= 15 is 0 Å². The Morgan fingerprint density at radius 3 is 2.24 bits per heavy atom. The molecule has 0 radical (unpaired) electrons. The highest BCUT2D eigenvalue weighted by molar-refractivity contribution is 9.10. The molecule has 0 aliphatic rings. The van der Waals surface area contributed by atoms with E-state index in [2.05, 4.69) is 37.1 Å². The van der Waals surface area contributed by atoms with Crippen molar-refractivity contribution in [3.63, 3.8) is 0 Å². The minimum absolute atomic E-state index is 0.165. The van der Waals surface area contributed by atoms with E-state index < -0.39 is 11.8 Å². The summed E-state index contributed by atoms with van der Waals surface area (Å²) in [5.74, 6) is -0.880. The number of ether oxygens (including phenoxy) is 2. The third-order valence-corrected chi connectivity index (χ3v) is 5.02. The first kappa shape index (κ1) is 24.5. The molecule has 3 aromatic carbocycles.